The molecule has 136 valence electrons. The van der Waals surface area contributed by atoms with Gasteiger partial charge in [0.05, 0.1) is 12.4 Å². The topological polar surface area (TPSA) is 75.1 Å². The summed E-state index contributed by atoms with van der Waals surface area (Å²) in [6.07, 6.45) is 7.15. The quantitative estimate of drug-likeness (QED) is 0.843. The number of anilines is 1. The minimum Gasteiger partial charge on any atom is -0.362 e. The van der Waals surface area contributed by atoms with Gasteiger partial charge in [-0.2, -0.15) is 0 Å². The van der Waals surface area contributed by atoms with E-state index in [0.29, 0.717) is 13.1 Å². The highest BCUT2D eigenvalue weighted by molar-refractivity contribution is 5.74. The van der Waals surface area contributed by atoms with Gasteiger partial charge in [0.1, 0.15) is 5.82 Å². The van der Waals surface area contributed by atoms with Gasteiger partial charge in [0.2, 0.25) is 0 Å². The highest BCUT2D eigenvalue weighted by Gasteiger charge is 2.26. The Morgan fingerprint density at radius 1 is 1.32 bits per heavy atom. The van der Waals surface area contributed by atoms with E-state index in [1.54, 1.807) is 18.7 Å². The number of urea groups is 1. The van der Waals surface area contributed by atoms with Crippen LogP contribution in [0.5, 0.6) is 0 Å². The molecular weight excluding hydrogens is 316 g/mol. The minimum absolute atomic E-state index is 0.0242. The third-order valence-electron chi connectivity index (χ3n) is 4.03. The van der Waals surface area contributed by atoms with Crippen molar-refractivity contribution in [3.8, 4) is 0 Å². The summed E-state index contributed by atoms with van der Waals surface area (Å²) in [5.41, 5.74) is 0.898. The van der Waals surface area contributed by atoms with Crippen molar-refractivity contribution < 1.29 is 4.79 Å². The smallest absolute Gasteiger partial charge is 0.315 e. The van der Waals surface area contributed by atoms with Gasteiger partial charge in [-0.25, -0.2) is 14.8 Å². The standard InChI is InChI=1S/C18H28N6O/c1-18(2,3)15(12-24-10-9-19-13-24)22-17(25)21-11-14-7-6-8-20-16(14)23(4)5/h6-10,13,15H,11-12H2,1-5H3,(H2,21,22,25). The Bertz CT molecular complexity index is 675. The summed E-state index contributed by atoms with van der Waals surface area (Å²) in [7, 11) is 3.87. The molecule has 2 aromatic heterocycles. The lowest BCUT2D eigenvalue weighted by molar-refractivity contribution is 0.209. The van der Waals surface area contributed by atoms with Gasteiger partial charge in [-0.05, 0) is 11.5 Å². The number of nitrogens with one attached hydrogen (secondary N) is 2. The molecule has 7 nitrogen and oxygen atoms in total. The van der Waals surface area contributed by atoms with E-state index in [1.165, 1.54) is 0 Å². The average Bonchev–Trinajstić information content (AvgIpc) is 3.04. The van der Waals surface area contributed by atoms with E-state index in [-0.39, 0.29) is 17.5 Å². The monoisotopic (exact) mass is 344 g/mol. The highest BCUT2D eigenvalue weighted by Crippen LogP contribution is 2.21. The van der Waals surface area contributed by atoms with E-state index >= 15 is 0 Å². The van der Waals surface area contributed by atoms with Crippen molar-refractivity contribution in [3.05, 3.63) is 42.6 Å². The Labute approximate surface area is 149 Å². The molecule has 7 heteroatoms. The molecule has 2 N–H and O–H groups in total. The molecule has 0 fully saturated rings. The first-order chi connectivity index (χ1) is 11.8. The van der Waals surface area contributed by atoms with Crippen LogP contribution in [-0.2, 0) is 13.1 Å². The molecule has 0 aliphatic carbocycles. The summed E-state index contributed by atoms with van der Waals surface area (Å²) in [6.45, 7) is 7.43. The number of carbonyl (C=O) groups excluding carboxylic acids is 1. The fraction of sp³-hybridized carbons (Fsp3) is 0.500. The molecule has 2 heterocycles. The first kappa shape index (κ1) is 18.8. The lowest BCUT2D eigenvalue weighted by Crippen LogP contribution is -2.49. The fourth-order valence-electron chi connectivity index (χ4n) is 2.50. The Morgan fingerprint density at radius 3 is 2.68 bits per heavy atom. The van der Waals surface area contributed by atoms with Gasteiger partial charge >= 0.3 is 6.03 Å². The molecule has 2 aromatic rings. The zero-order chi connectivity index (χ0) is 18.4. The van der Waals surface area contributed by atoms with Gasteiger partial charge in [0.15, 0.2) is 0 Å². The predicted molar refractivity (Wildman–Crippen MR) is 99.4 cm³/mol. The molecule has 1 unspecified atom stereocenters. The predicted octanol–water partition coefficient (Wildman–Crippen LogP) is 2.26. The summed E-state index contributed by atoms with van der Waals surface area (Å²) in [4.78, 5) is 22.8. The number of pyridine rings is 1. The lowest BCUT2D eigenvalue weighted by atomic mass is 9.86. The second kappa shape index (κ2) is 8.00. The number of hydrogen-bond donors (Lipinski definition) is 2. The molecule has 2 rings (SSSR count). The normalized spacial score (nSPS) is 12.5. The van der Waals surface area contributed by atoms with Crippen molar-refractivity contribution >= 4 is 11.8 Å². The maximum absolute atomic E-state index is 12.4. The van der Waals surface area contributed by atoms with E-state index in [0.717, 1.165) is 11.4 Å². The van der Waals surface area contributed by atoms with Gasteiger partial charge in [0.25, 0.3) is 0 Å². The van der Waals surface area contributed by atoms with Crippen LogP contribution >= 0.6 is 0 Å². The molecule has 0 spiro atoms. The highest BCUT2D eigenvalue weighted by atomic mass is 16.2. The van der Waals surface area contributed by atoms with Crippen molar-refractivity contribution in [1.29, 1.82) is 0 Å². The first-order valence-corrected chi connectivity index (χ1v) is 8.38. The van der Waals surface area contributed by atoms with E-state index in [4.69, 9.17) is 0 Å². The summed E-state index contributed by atoms with van der Waals surface area (Å²) in [6, 6.07) is 3.63. The van der Waals surface area contributed by atoms with Crippen molar-refractivity contribution in [2.45, 2.75) is 39.9 Å². The maximum Gasteiger partial charge on any atom is 0.315 e. The van der Waals surface area contributed by atoms with E-state index < -0.39 is 0 Å². The molecule has 0 bridgehead atoms. The summed E-state index contributed by atoms with van der Waals surface area (Å²) in [5.74, 6) is 0.855. The Balaban J connectivity index is 1.97. The Morgan fingerprint density at radius 2 is 2.08 bits per heavy atom. The molecule has 0 aliphatic rings. The maximum atomic E-state index is 12.4. The van der Waals surface area contributed by atoms with Crippen LogP contribution in [0.15, 0.2) is 37.1 Å². The van der Waals surface area contributed by atoms with Crippen LogP contribution in [0.1, 0.15) is 26.3 Å². The molecule has 0 radical (unpaired) electrons. The fourth-order valence-corrected chi connectivity index (χ4v) is 2.50. The second-order valence-corrected chi connectivity index (χ2v) is 7.39. The molecule has 0 saturated heterocycles. The van der Waals surface area contributed by atoms with Crippen LogP contribution < -0.4 is 15.5 Å². The third-order valence-corrected chi connectivity index (χ3v) is 4.03. The van der Waals surface area contributed by atoms with Crippen LogP contribution in [-0.4, -0.2) is 40.7 Å². The molecule has 0 saturated carbocycles. The van der Waals surface area contributed by atoms with E-state index in [9.17, 15) is 4.79 Å². The second-order valence-electron chi connectivity index (χ2n) is 7.39. The molecule has 2 amide bonds. The van der Waals surface area contributed by atoms with Crippen molar-refractivity contribution in [2.24, 2.45) is 5.41 Å². The van der Waals surface area contributed by atoms with Gasteiger partial charge in [0, 0.05) is 51.3 Å². The SMILES string of the molecule is CN(C)c1ncccc1CNC(=O)NC(Cn1ccnc1)C(C)(C)C. The summed E-state index contributed by atoms with van der Waals surface area (Å²) < 4.78 is 1.97. The molecule has 0 aliphatic heterocycles. The van der Waals surface area contributed by atoms with Crippen molar-refractivity contribution in [1.82, 2.24) is 25.2 Å². The van der Waals surface area contributed by atoms with Gasteiger partial charge in [-0.1, -0.05) is 26.8 Å². The summed E-state index contributed by atoms with van der Waals surface area (Å²) in [5, 5.41) is 6.02. The lowest BCUT2D eigenvalue weighted by Gasteiger charge is -2.31. The van der Waals surface area contributed by atoms with Crippen LogP contribution in [0.4, 0.5) is 10.6 Å². The van der Waals surface area contributed by atoms with Crippen LogP contribution in [0.3, 0.4) is 0 Å². The number of rotatable bonds is 6. The number of aromatic nitrogens is 3. The average molecular weight is 344 g/mol. The molecule has 1 atom stereocenters. The van der Waals surface area contributed by atoms with Crippen LogP contribution in [0, 0.1) is 5.41 Å². The van der Waals surface area contributed by atoms with Gasteiger partial charge < -0.3 is 20.1 Å². The van der Waals surface area contributed by atoms with E-state index in [2.05, 4.69) is 41.4 Å². The van der Waals surface area contributed by atoms with Crippen LogP contribution in [0.2, 0.25) is 0 Å². The Hall–Kier alpha value is -2.57. The van der Waals surface area contributed by atoms with Gasteiger partial charge in [-0.15, -0.1) is 0 Å². The van der Waals surface area contributed by atoms with Gasteiger partial charge in [-0.3, -0.25) is 0 Å². The number of carbonyl (C=O) groups is 1. The third kappa shape index (κ3) is 5.48. The number of imidazole rings is 1. The first-order valence-electron chi connectivity index (χ1n) is 8.38. The van der Waals surface area contributed by atoms with E-state index in [1.807, 2.05) is 41.9 Å². The molecule has 0 aromatic carbocycles. The van der Waals surface area contributed by atoms with Crippen molar-refractivity contribution in [3.63, 3.8) is 0 Å². The summed E-state index contributed by atoms with van der Waals surface area (Å²) >= 11 is 0. The Kier molecular flexibility index (Phi) is 6.01. The number of hydrogen-bond acceptors (Lipinski definition) is 4. The number of amides is 2. The molecular formula is C18H28N6O. The zero-order valence-corrected chi connectivity index (χ0v) is 15.7. The van der Waals surface area contributed by atoms with Crippen molar-refractivity contribution in [2.75, 3.05) is 19.0 Å². The minimum atomic E-state index is -0.186. The number of nitrogens with zero attached hydrogens (tertiary/aromatic N) is 4. The van der Waals surface area contributed by atoms with Crippen LogP contribution in [0.25, 0.3) is 0 Å². The largest absolute Gasteiger partial charge is 0.362 e. The molecule has 25 heavy (non-hydrogen) atoms. The zero-order valence-electron chi connectivity index (χ0n) is 15.7.